The molecule has 4 aromatic carbocycles. The van der Waals surface area contributed by atoms with Crippen LogP contribution in [0.1, 0.15) is 58.1 Å². The van der Waals surface area contributed by atoms with E-state index in [1.54, 1.807) is 12.1 Å². The largest absolute Gasteiger partial charge is 0.478 e. The van der Waals surface area contributed by atoms with Gasteiger partial charge in [-0.1, -0.05) is 85.6 Å². The summed E-state index contributed by atoms with van der Waals surface area (Å²) in [6.07, 6.45) is 4.11. The molecule has 0 saturated heterocycles. The number of carbonyl (C=O) groups is 1. The Labute approximate surface area is 265 Å². The lowest BCUT2D eigenvalue weighted by Crippen LogP contribution is -2.24. The molecule has 0 spiro atoms. The predicted molar refractivity (Wildman–Crippen MR) is 182 cm³/mol. The van der Waals surface area contributed by atoms with E-state index in [2.05, 4.69) is 108 Å². The highest BCUT2D eigenvalue weighted by Crippen LogP contribution is 2.33. The molecular weight excluding hydrogens is 556 g/mol. The molecule has 0 unspecified atom stereocenters. The third-order valence-electron chi connectivity index (χ3n) is 8.52. The minimum absolute atomic E-state index is 0.297. The number of carboxylic acids is 1. The van der Waals surface area contributed by atoms with Crippen LogP contribution in [0.4, 0.5) is 0 Å². The number of nitrogens with one attached hydrogen (secondary N) is 1. The molecule has 2 heterocycles. The van der Waals surface area contributed by atoms with Crippen LogP contribution in [-0.4, -0.2) is 30.5 Å². The van der Waals surface area contributed by atoms with E-state index in [1.165, 1.54) is 27.8 Å². The number of hydrogen-bond acceptors (Lipinski definition) is 3. The Morgan fingerprint density at radius 2 is 1.60 bits per heavy atom. The molecule has 6 rings (SSSR count). The van der Waals surface area contributed by atoms with Gasteiger partial charge in [0.1, 0.15) is 5.82 Å². The van der Waals surface area contributed by atoms with Crippen molar-refractivity contribution in [2.24, 2.45) is 0 Å². The van der Waals surface area contributed by atoms with Crippen molar-refractivity contribution in [2.45, 2.75) is 59.8 Å². The van der Waals surface area contributed by atoms with Crippen molar-refractivity contribution in [3.63, 3.8) is 0 Å². The van der Waals surface area contributed by atoms with E-state index in [1.807, 2.05) is 18.3 Å². The van der Waals surface area contributed by atoms with Crippen molar-refractivity contribution < 1.29 is 9.90 Å². The minimum atomic E-state index is -0.912. The molecule has 0 radical (unpaired) electrons. The standard InChI is InChI=1S/C39H40N4O2/c1-4-5-22-43-36(37(31-15-10-27(2)11-16-31)41-38(43)34-9-7-6-8-28(34)3)26-42(24-29-12-17-32(18-13-29)39(44)45)25-30-14-19-35-33(23-30)20-21-40-35/h6-21,23,40H,4-5,22,24-26H2,1-3H3,(H,44,45). The van der Waals surface area contributed by atoms with Gasteiger partial charge in [-0.15, -0.1) is 0 Å². The zero-order chi connectivity index (χ0) is 31.3. The van der Waals surface area contributed by atoms with Gasteiger partial charge in [-0.05, 0) is 72.7 Å². The number of rotatable bonds is 12. The van der Waals surface area contributed by atoms with Crippen LogP contribution >= 0.6 is 0 Å². The molecule has 6 heteroatoms. The molecule has 0 amide bonds. The van der Waals surface area contributed by atoms with Crippen LogP contribution in [0.25, 0.3) is 33.5 Å². The fraction of sp³-hybridized carbons (Fsp3) is 0.231. The monoisotopic (exact) mass is 596 g/mol. The maximum absolute atomic E-state index is 11.5. The van der Waals surface area contributed by atoms with Crippen LogP contribution in [-0.2, 0) is 26.2 Å². The molecule has 45 heavy (non-hydrogen) atoms. The highest BCUT2D eigenvalue weighted by Gasteiger charge is 2.23. The van der Waals surface area contributed by atoms with E-state index in [4.69, 9.17) is 4.98 Å². The number of aromatic amines is 1. The summed E-state index contributed by atoms with van der Waals surface area (Å²) in [4.78, 5) is 22.7. The van der Waals surface area contributed by atoms with Crippen LogP contribution < -0.4 is 0 Å². The van der Waals surface area contributed by atoms with Gasteiger partial charge >= 0.3 is 5.97 Å². The summed E-state index contributed by atoms with van der Waals surface area (Å²) in [6, 6.07) is 33.1. The highest BCUT2D eigenvalue weighted by molar-refractivity contribution is 5.87. The Balaban J connectivity index is 1.47. The lowest BCUT2D eigenvalue weighted by Gasteiger charge is -2.25. The van der Waals surface area contributed by atoms with Gasteiger partial charge in [0.15, 0.2) is 0 Å². The Morgan fingerprint density at radius 3 is 2.33 bits per heavy atom. The van der Waals surface area contributed by atoms with E-state index in [9.17, 15) is 9.90 Å². The van der Waals surface area contributed by atoms with Gasteiger partial charge in [-0.2, -0.15) is 0 Å². The summed E-state index contributed by atoms with van der Waals surface area (Å²) in [5.74, 6) is 0.0936. The molecule has 0 aliphatic heterocycles. The average molecular weight is 597 g/mol. The van der Waals surface area contributed by atoms with Crippen molar-refractivity contribution in [3.8, 4) is 22.6 Å². The van der Waals surface area contributed by atoms with E-state index in [0.29, 0.717) is 18.7 Å². The van der Waals surface area contributed by atoms with Gasteiger partial charge in [-0.3, -0.25) is 4.90 Å². The van der Waals surface area contributed by atoms with Crippen LogP contribution in [0.3, 0.4) is 0 Å². The first kappa shape index (κ1) is 30.1. The lowest BCUT2D eigenvalue weighted by molar-refractivity contribution is 0.0697. The molecule has 2 N–H and O–H groups in total. The molecule has 0 saturated carbocycles. The van der Waals surface area contributed by atoms with Crippen molar-refractivity contribution >= 4 is 16.9 Å². The number of fused-ring (bicyclic) bond motifs is 1. The number of imidazole rings is 1. The van der Waals surface area contributed by atoms with Gasteiger partial charge in [0, 0.05) is 49.0 Å². The molecule has 6 nitrogen and oxygen atoms in total. The van der Waals surface area contributed by atoms with Crippen molar-refractivity contribution in [1.29, 1.82) is 0 Å². The number of benzene rings is 4. The zero-order valence-electron chi connectivity index (χ0n) is 26.3. The number of aryl methyl sites for hydroxylation is 2. The number of carboxylic acid groups (broad SMARTS) is 1. The second-order valence-electron chi connectivity index (χ2n) is 12.0. The Bertz CT molecular complexity index is 1920. The third kappa shape index (κ3) is 6.76. The van der Waals surface area contributed by atoms with Gasteiger partial charge in [0.2, 0.25) is 0 Å². The number of unbranched alkanes of at least 4 members (excludes halogenated alkanes) is 1. The van der Waals surface area contributed by atoms with Gasteiger partial charge in [0.25, 0.3) is 0 Å². The van der Waals surface area contributed by atoms with Crippen molar-refractivity contribution in [1.82, 2.24) is 19.4 Å². The molecular formula is C39H40N4O2. The van der Waals surface area contributed by atoms with Gasteiger partial charge in [-0.25, -0.2) is 9.78 Å². The molecule has 0 fully saturated rings. The maximum Gasteiger partial charge on any atom is 0.335 e. The summed E-state index contributed by atoms with van der Waals surface area (Å²) in [5.41, 5.74) is 10.6. The van der Waals surface area contributed by atoms with Crippen LogP contribution in [0.5, 0.6) is 0 Å². The van der Waals surface area contributed by atoms with Crippen LogP contribution in [0, 0.1) is 13.8 Å². The van der Waals surface area contributed by atoms with E-state index in [0.717, 1.165) is 59.7 Å². The second-order valence-corrected chi connectivity index (χ2v) is 12.0. The Kier molecular flexibility index (Phi) is 8.94. The smallest absolute Gasteiger partial charge is 0.335 e. The molecule has 0 aliphatic rings. The predicted octanol–water partition coefficient (Wildman–Crippen LogP) is 9.02. The highest BCUT2D eigenvalue weighted by atomic mass is 16.4. The molecule has 0 atom stereocenters. The SMILES string of the molecule is CCCCn1c(-c2ccccc2C)nc(-c2ccc(C)cc2)c1CN(Cc1ccc(C(=O)O)cc1)Cc1ccc2[nH]ccc2c1. The second kappa shape index (κ2) is 13.4. The fourth-order valence-electron chi connectivity index (χ4n) is 6.03. The van der Waals surface area contributed by atoms with Crippen molar-refractivity contribution in [3.05, 3.63) is 137 Å². The molecule has 0 aliphatic carbocycles. The van der Waals surface area contributed by atoms with Crippen LogP contribution in [0.15, 0.2) is 103 Å². The first-order valence-electron chi connectivity index (χ1n) is 15.7. The quantitative estimate of drug-likeness (QED) is 0.148. The Hall–Kier alpha value is -4.94. The van der Waals surface area contributed by atoms with E-state index in [-0.39, 0.29) is 0 Å². The summed E-state index contributed by atoms with van der Waals surface area (Å²) < 4.78 is 2.44. The zero-order valence-corrected chi connectivity index (χ0v) is 26.3. The first-order valence-corrected chi connectivity index (χ1v) is 15.7. The number of aromatic nitrogens is 3. The van der Waals surface area contributed by atoms with E-state index >= 15 is 0 Å². The van der Waals surface area contributed by atoms with E-state index < -0.39 is 5.97 Å². The van der Waals surface area contributed by atoms with Crippen LogP contribution in [0.2, 0.25) is 0 Å². The third-order valence-corrected chi connectivity index (χ3v) is 8.52. The average Bonchev–Trinajstić information content (AvgIpc) is 3.65. The normalized spacial score (nSPS) is 11.5. The number of hydrogen-bond donors (Lipinski definition) is 2. The fourth-order valence-corrected chi connectivity index (χ4v) is 6.03. The van der Waals surface area contributed by atoms with Crippen molar-refractivity contribution in [2.75, 3.05) is 0 Å². The Morgan fingerprint density at radius 1 is 0.867 bits per heavy atom. The topological polar surface area (TPSA) is 74.2 Å². The summed E-state index contributed by atoms with van der Waals surface area (Å²) in [5, 5.41) is 10.7. The maximum atomic E-state index is 11.5. The number of nitrogens with zero attached hydrogens (tertiary/aromatic N) is 3. The molecule has 2 aromatic heterocycles. The molecule has 0 bridgehead atoms. The minimum Gasteiger partial charge on any atom is -0.478 e. The summed E-state index contributed by atoms with van der Waals surface area (Å²) >= 11 is 0. The molecule has 6 aromatic rings. The van der Waals surface area contributed by atoms with Gasteiger partial charge < -0.3 is 14.7 Å². The lowest BCUT2D eigenvalue weighted by atomic mass is 10.1. The number of aromatic carboxylic acids is 1. The summed E-state index contributed by atoms with van der Waals surface area (Å²) in [7, 11) is 0. The van der Waals surface area contributed by atoms with Gasteiger partial charge in [0.05, 0.1) is 17.0 Å². The first-order chi connectivity index (χ1) is 21.9. The summed E-state index contributed by atoms with van der Waals surface area (Å²) in [6.45, 7) is 9.45. The molecule has 228 valence electrons. The number of H-pyrrole nitrogens is 1.